The molecule has 0 radical (unpaired) electrons. The van der Waals surface area contributed by atoms with Gasteiger partial charge >= 0.3 is 5.97 Å². The number of carbonyl (C=O) groups is 4. The topological polar surface area (TPSA) is 249 Å². The van der Waals surface area contributed by atoms with E-state index in [1.807, 2.05) is 6.07 Å². The Hall–Kier alpha value is -5.58. The second-order valence-electron chi connectivity index (χ2n) is 14.8. The number of rotatable bonds is 11. The molecule has 1 heterocycles. The van der Waals surface area contributed by atoms with E-state index in [0.717, 1.165) is 19.8 Å². The van der Waals surface area contributed by atoms with Gasteiger partial charge in [-0.05, 0) is 59.2 Å². The van der Waals surface area contributed by atoms with Crippen LogP contribution in [-0.2, 0) is 22.6 Å². The van der Waals surface area contributed by atoms with Crippen LogP contribution in [0.1, 0.15) is 114 Å². The van der Waals surface area contributed by atoms with Gasteiger partial charge in [0.2, 0.25) is 6.29 Å². The highest BCUT2D eigenvalue weighted by atomic mass is 16.7. The van der Waals surface area contributed by atoms with Crippen molar-refractivity contribution in [1.29, 1.82) is 0 Å². The number of esters is 1. The highest BCUT2D eigenvalue weighted by Gasteiger charge is 2.49. The van der Waals surface area contributed by atoms with Gasteiger partial charge in [0.05, 0.1) is 24.4 Å². The molecule has 58 heavy (non-hydrogen) atoms. The van der Waals surface area contributed by atoms with Crippen molar-refractivity contribution < 1.29 is 58.9 Å². The fraction of sp³-hybridized carbons (Fsp3) is 0.318. The van der Waals surface area contributed by atoms with Crippen LogP contribution in [0.2, 0.25) is 0 Å². The molecule has 7 rings (SSSR count). The van der Waals surface area contributed by atoms with E-state index in [2.05, 4.69) is 0 Å². The number of hydrogen-bond donors (Lipinski definition) is 7. The van der Waals surface area contributed by atoms with Gasteiger partial charge in [0, 0.05) is 46.7 Å². The van der Waals surface area contributed by atoms with Crippen molar-refractivity contribution in [3.63, 3.8) is 0 Å². The molecule has 1 saturated carbocycles. The van der Waals surface area contributed by atoms with Crippen LogP contribution in [0.5, 0.6) is 17.2 Å². The summed E-state index contributed by atoms with van der Waals surface area (Å²) in [5.41, 5.74) is 12.0. The van der Waals surface area contributed by atoms with Crippen molar-refractivity contribution in [1.82, 2.24) is 0 Å². The van der Waals surface area contributed by atoms with Gasteiger partial charge in [-0.25, -0.2) is 0 Å². The molecule has 14 heteroatoms. The Morgan fingerprint density at radius 3 is 2.24 bits per heavy atom. The Labute approximate surface area is 333 Å². The minimum absolute atomic E-state index is 0.0504. The predicted molar refractivity (Wildman–Crippen MR) is 209 cm³/mol. The van der Waals surface area contributed by atoms with Crippen LogP contribution in [0.15, 0.2) is 60.7 Å². The molecule has 1 saturated heterocycles. The number of fused-ring (bicyclic) bond motifs is 2. The number of benzene rings is 4. The quantitative estimate of drug-likeness (QED) is 0.0333. The molecule has 0 bridgehead atoms. The van der Waals surface area contributed by atoms with Crippen LogP contribution in [0.25, 0.3) is 12.2 Å². The number of aromatic hydroxyl groups is 1. The smallest absolute Gasteiger partial charge is 0.308 e. The summed E-state index contributed by atoms with van der Waals surface area (Å²) < 4.78 is 17.9. The molecule has 2 aliphatic carbocycles. The van der Waals surface area contributed by atoms with Crippen LogP contribution in [0, 0.1) is 5.92 Å². The van der Waals surface area contributed by atoms with Crippen molar-refractivity contribution in [2.45, 2.75) is 82.5 Å². The molecule has 4 aromatic rings. The summed E-state index contributed by atoms with van der Waals surface area (Å²) in [6.45, 7) is 0.417. The summed E-state index contributed by atoms with van der Waals surface area (Å²) in [4.78, 5) is 54.3. The van der Waals surface area contributed by atoms with Gasteiger partial charge in [-0.1, -0.05) is 67.4 Å². The number of hydrogen-bond acceptors (Lipinski definition) is 14. The van der Waals surface area contributed by atoms with Crippen molar-refractivity contribution in [2.24, 2.45) is 17.4 Å². The lowest BCUT2D eigenvalue weighted by Gasteiger charge is -2.42. The molecule has 0 unspecified atom stereocenters. The van der Waals surface area contributed by atoms with E-state index in [0.29, 0.717) is 35.8 Å². The summed E-state index contributed by atoms with van der Waals surface area (Å²) in [6.07, 6.45) is -1.92. The number of nitrogens with two attached hydrogens (primary N) is 2. The zero-order valence-electron chi connectivity index (χ0n) is 31.5. The fourth-order valence-electron chi connectivity index (χ4n) is 8.31. The summed E-state index contributed by atoms with van der Waals surface area (Å²) >= 11 is 0. The number of phenols is 1. The molecule has 5 atom stereocenters. The van der Waals surface area contributed by atoms with E-state index in [1.165, 1.54) is 18.2 Å². The molecule has 4 aromatic carbocycles. The van der Waals surface area contributed by atoms with E-state index in [4.69, 9.17) is 25.7 Å². The van der Waals surface area contributed by atoms with Gasteiger partial charge in [0.15, 0.2) is 17.9 Å². The van der Waals surface area contributed by atoms with E-state index >= 15 is 0 Å². The Balaban J connectivity index is 1.43. The van der Waals surface area contributed by atoms with Gasteiger partial charge in [-0.2, -0.15) is 0 Å². The SMILES string of the molecule is CC(=O)Oc1cc(CO)c2c(c1C=Cc1ccccc1)C(=O)c1cc(O[C@@H]3O[C@@H](C4CCCC4)[C@@H](O)[C@@H](O)[C@H]3O)c(Cc3cccc(C(N)N)c3C=O)c(O)c1C2=O. The largest absolute Gasteiger partial charge is 0.507 e. The van der Waals surface area contributed by atoms with Crippen molar-refractivity contribution in [2.75, 3.05) is 0 Å². The normalized spacial score (nSPS) is 22.0. The fourth-order valence-corrected chi connectivity index (χ4v) is 8.31. The third kappa shape index (κ3) is 7.47. The lowest BCUT2D eigenvalue weighted by molar-refractivity contribution is -0.282. The Bertz CT molecular complexity index is 2300. The average Bonchev–Trinajstić information content (AvgIpc) is 3.75. The molecule has 9 N–H and O–H groups in total. The maximum atomic E-state index is 14.9. The van der Waals surface area contributed by atoms with Crippen molar-refractivity contribution >= 4 is 36.0 Å². The zero-order chi connectivity index (χ0) is 41.4. The first-order valence-corrected chi connectivity index (χ1v) is 19.0. The van der Waals surface area contributed by atoms with Crippen molar-refractivity contribution in [3.8, 4) is 17.2 Å². The van der Waals surface area contributed by atoms with Crippen LogP contribution < -0.4 is 20.9 Å². The summed E-state index contributed by atoms with van der Waals surface area (Å²) in [5.74, 6) is -3.58. The monoisotopic (exact) mass is 792 g/mol. The maximum absolute atomic E-state index is 14.9. The summed E-state index contributed by atoms with van der Waals surface area (Å²) in [6, 6.07) is 16.2. The van der Waals surface area contributed by atoms with Crippen molar-refractivity contribution in [3.05, 3.63) is 122 Å². The molecular weight excluding hydrogens is 748 g/mol. The van der Waals surface area contributed by atoms with Gasteiger partial charge in [-0.15, -0.1) is 0 Å². The number of aliphatic hydroxyl groups is 4. The lowest BCUT2D eigenvalue weighted by Crippen LogP contribution is -2.60. The number of ether oxygens (including phenoxy) is 3. The Morgan fingerprint density at radius 2 is 1.59 bits per heavy atom. The molecule has 3 aliphatic rings. The lowest BCUT2D eigenvalue weighted by atomic mass is 9.77. The number of ketones is 2. The van der Waals surface area contributed by atoms with Gasteiger partial charge in [0.1, 0.15) is 35.6 Å². The highest BCUT2D eigenvalue weighted by Crippen LogP contribution is 2.46. The maximum Gasteiger partial charge on any atom is 0.308 e. The predicted octanol–water partition coefficient (Wildman–Crippen LogP) is 3.45. The number of aliphatic hydroxyl groups excluding tert-OH is 4. The van der Waals surface area contributed by atoms with Gasteiger partial charge in [-0.3, -0.25) is 19.2 Å². The first kappa shape index (κ1) is 40.6. The number of aldehydes is 1. The second-order valence-corrected chi connectivity index (χ2v) is 14.8. The number of phenolic OH excluding ortho intramolecular Hbond substituents is 1. The number of carbonyl (C=O) groups excluding carboxylic acids is 4. The van der Waals surface area contributed by atoms with Crippen LogP contribution in [-0.4, -0.2) is 80.1 Å². The molecule has 0 amide bonds. The average molecular weight is 793 g/mol. The second kappa shape index (κ2) is 16.7. The van der Waals surface area contributed by atoms with Gasteiger partial charge in [0.25, 0.3) is 0 Å². The van der Waals surface area contributed by atoms with Crippen LogP contribution >= 0.6 is 0 Å². The summed E-state index contributed by atoms with van der Waals surface area (Å²) in [7, 11) is 0. The molecule has 14 nitrogen and oxygen atoms in total. The van der Waals surface area contributed by atoms with E-state index in [-0.39, 0.29) is 62.8 Å². The van der Waals surface area contributed by atoms with Crippen LogP contribution in [0.4, 0.5) is 0 Å². The molecule has 0 spiro atoms. The molecule has 302 valence electrons. The first-order valence-electron chi connectivity index (χ1n) is 19.0. The first-order chi connectivity index (χ1) is 27.8. The molecular formula is C44H44N2O12. The van der Waals surface area contributed by atoms with E-state index in [9.17, 15) is 44.7 Å². The Kier molecular flexibility index (Phi) is 11.7. The molecule has 2 fully saturated rings. The standard InChI is InChI=1S/C44H44N2O12/c1-21(49)56-31-17-25(19-47)33-34(27(31)15-14-22-8-3-2-4-9-22)37(51)29-18-32(57-44-41(55)39(53)40(54)42(58-44)23-10-5-6-11-23)28(36(50)35(29)38(33)52)16-24-12-7-13-26(43(45)46)30(24)20-48/h2-4,7-9,12-15,17-18,20,23,39-44,47,50,53-55H,5-6,10-11,16,19,45-46H2,1H3/t39-,40+,41-,42+,44-/m1/s1. The van der Waals surface area contributed by atoms with E-state index in [1.54, 1.807) is 48.5 Å². The summed E-state index contributed by atoms with van der Waals surface area (Å²) in [5, 5.41) is 55.8. The molecule has 1 aliphatic heterocycles. The minimum Gasteiger partial charge on any atom is -0.507 e. The Morgan fingerprint density at radius 1 is 0.862 bits per heavy atom. The van der Waals surface area contributed by atoms with Crippen LogP contribution in [0.3, 0.4) is 0 Å². The third-order valence-corrected chi connectivity index (χ3v) is 11.2. The highest BCUT2D eigenvalue weighted by molar-refractivity contribution is 6.31. The van der Waals surface area contributed by atoms with E-state index < -0.39 is 72.3 Å². The third-order valence-electron chi connectivity index (χ3n) is 11.2. The molecule has 0 aromatic heterocycles. The van der Waals surface area contributed by atoms with Gasteiger partial charge < -0.3 is 51.2 Å². The zero-order valence-corrected chi connectivity index (χ0v) is 31.5. The minimum atomic E-state index is -1.80.